The van der Waals surface area contributed by atoms with Gasteiger partial charge in [-0.15, -0.1) is 0 Å². The third-order valence-corrected chi connectivity index (χ3v) is 5.12. The molecule has 0 aromatic rings. The van der Waals surface area contributed by atoms with Gasteiger partial charge in [0.05, 0.1) is 5.41 Å². The van der Waals surface area contributed by atoms with Gasteiger partial charge in [0, 0.05) is 25.7 Å². The Labute approximate surface area is 127 Å². The van der Waals surface area contributed by atoms with E-state index in [2.05, 4.69) is 0 Å². The van der Waals surface area contributed by atoms with E-state index < -0.39 is 11.4 Å². The second kappa shape index (κ2) is 5.85. The molecule has 0 radical (unpaired) electrons. The smallest absolute Gasteiger partial charge is 0.320 e. The molecule has 0 bridgehead atoms. The highest BCUT2D eigenvalue weighted by molar-refractivity contribution is 5.80. The largest absolute Gasteiger partial charge is 0.481 e. The fraction of sp³-hybridized carbons (Fsp3) is 0.875. The molecule has 0 aromatic heterocycles. The zero-order valence-corrected chi connectivity index (χ0v) is 13.6. The third kappa shape index (κ3) is 3.16. The van der Waals surface area contributed by atoms with Crippen molar-refractivity contribution >= 4 is 12.0 Å². The summed E-state index contributed by atoms with van der Waals surface area (Å²) in [5, 5.41) is 9.59. The van der Waals surface area contributed by atoms with Gasteiger partial charge in [-0.1, -0.05) is 13.8 Å². The van der Waals surface area contributed by atoms with Crippen LogP contribution in [-0.4, -0.2) is 52.6 Å². The predicted molar refractivity (Wildman–Crippen MR) is 81.1 cm³/mol. The van der Waals surface area contributed by atoms with Crippen molar-refractivity contribution < 1.29 is 14.7 Å². The minimum atomic E-state index is -0.780. The molecule has 1 saturated heterocycles. The zero-order chi connectivity index (χ0) is 15.8. The highest BCUT2D eigenvalue weighted by Gasteiger charge is 2.49. The summed E-state index contributed by atoms with van der Waals surface area (Å²) in [5.74, 6) is -0.0943. The fourth-order valence-corrected chi connectivity index (χ4v) is 3.16. The van der Waals surface area contributed by atoms with Crippen LogP contribution in [0, 0.1) is 17.3 Å². The lowest BCUT2D eigenvalue weighted by molar-refractivity contribution is -0.150. The molecule has 1 unspecified atom stereocenters. The number of aliphatic carboxylic acids is 1. The molecule has 5 nitrogen and oxygen atoms in total. The fourth-order valence-electron chi connectivity index (χ4n) is 3.16. The van der Waals surface area contributed by atoms with Crippen LogP contribution in [0.5, 0.6) is 0 Å². The first-order valence-electron chi connectivity index (χ1n) is 8.07. The van der Waals surface area contributed by atoms with Crippen LogP contribution in [0.2, 0.25) is 0 Å². The molecule has 120 valence electrons. The van der Waals surface area contributed by atoms with E-state index in [0.29, 0.717) is 25.4 Å². The molecular formula is C16H28N2O3. The van der Waals surface area contributed by atoms with Gasteiger partial charge in [0.25, 0.3) is 0 Å². The quantitative estimate of drug-likeness (QED) is 0.848. The minimum absolute atomic E-state index is 0.0145. The Morgan fingerprint density at radius 3 is 2.29 bits per heavy atom. The lowest BCUT2D eigenvalue weighted by atomic mass is 9.76. The van der Waals surface area contributed by atoms with Gasteiger partial charge in [-0.3, -0.25) is 4.79 Å². The number of hydrogen-bond acceptors (Lipinski definition) is 2. The first-order valence-corrected chi connectivity index (χ1v) is 8.07. The van der Waals surface area contributed by atoms with E-state index in [1.807, 2.05) is 32.6 Å². The molecule has 1 aliphatic carbocycles. The third-order valence-electron chi connectivity index (χ3n) is 5.12. The van der Waals surface area contributed by atoms with Crippen molar-refractivity contribution in [2.75, 3.05) is 19.6 Å². The van der Waals surface area contributed by atoms with E-state index >= 15 is 0 Å². The number of likely N-dealkylation sites (tertiary alicyclic amines) is 1. The highest BCUT2D eigenvalue weighted by Crippen LogP contribution is 2.39. The maximum absolute atomic E-state index is 12.7. The zero-order valence-electron chi connectivity index (χ0n) is 13.6. The Balaban J connectivity index is 2.07. The van der Waals surface area contributed by atoms with E-state index in [0.717, 1.165) is 6.54 Å². The first kappa shape index (κ1) is 16.1. The van der Waals surface area contributed by atoms with Crippen LogP contribution in [0.3, 0.4) is 0 Å². The summed E-state index contributed by atoms with van der Waals surface area (Å²) in [6.07, 6.45) is 2.98. The molecule has 2 aliphatic rings. The van der Waals surface area contributed by atoms with E-state index in [-0.39, 0.29) is 18.0 Å². The number of hydrogen-bond donors (Lipinski definition) is 1. The van der Waals surface area contributed by atoms with E-state index in [9.17, 15) is 14.7 Å². The maximum Gasteiger partial charge on any atom is 0.320 e. The van der Waals surface area contributed by atoms with Crippen LogP contribution in [0.15, 0.2) is 0 Å². The van der Waals surface area contributed by atoms with Crippen molar-refractivity contribution in [1.29, 1.82) is 0 Å². The number of carbonyl (C=O) groups excluding carboxylic acids is 1. The van der Waals surface area contributed by atoms with Crippen LogP contribution < -0.4 is 0 Å². The van der Waals surface area contributed by atoms with Crippen molar-refractivity contribution in [2.45, 2.75) is 53.0 Å². The summed E-state index contributed by atoms with van der Waals surface area (Å²) in [5.41, 5.74) is -0.780. The van der Waals surface area contributed by atoms with Gasteiger partial charge in [0.2, 0.25) is 0 Å². The molecule has 1 aliphatic heterocycles. The molecule has 2 fully saturated rings. The number of carbonyl (C=O) groups is 2. The van der Waals surface area contributed by atoms with Crippen LogP contribution in [-0.2, 0) is 4.79 Å². The van der Waals surface area contributed by atoms with Crippen molar-refractivity contribution in [3.63, 3.8) is 0 Å². The van der Waals surface area contributed by atoms with Crippen molar-refractivity contribution in [3.8, 4) is 0 Å². The molecule has 1 heterocycles. The summed E-state index contributed by atoms with van der Waals surface area (Å²) >= 11 is 0. The number of nitrogens with zero attached hydrogens (tertiary/aromatic N) is 2. The number of rotatable bonds is 5. The second-order valence-corrected chi connectivity index (χ2v) is 7.26. The average Bonchev–Trinajstić information content (AvgIpc) is 3.09. The molecule has 1 atom stereocenters. The van der Waals surface area contributed by atoms with Crippen molar-refractivity contribution in [2.24, 2.45) is 17.3 Å². The lowest BCUT2D eigenvalue weighted by Crippen LogP contribution is -2.48. The molecule has 1 N–H and O–H groups in total. The Morgan fingerprint density at radius 2 is 1.90 bits per heavy atom. The van der Waals surface area contributed by atoms with Crippen molar-refractivity contribution in [3.05, 3.63) is 0 Å². The Kier molecular flexibility index (Phi) is 4.49. The van der Waals surface area contributed by atoms with E-state index in [1.165, 1.54) is 12.8 Å². The summed E-state index contributed by atoms with van der Waals surface area (Å²) in [6, 6.07) is 0.178. The van der Waals surface area contributed by atoms with E-state index in [4.69, 9.17) is 0 Å². The molecule has 1 saturated carbocycles. The maximum atomic E-state index is 12.7. The standard InChI is InChI=1S/C16H28N2O3/c1-11(2)16(14(19)20)7-8-17(10-16)15(21)18(12(3)4)9-13-5-6-13/h11-13H,5-10H2,1-4H3,(H,19,20). The normalized spacial score (nSPS) is 25.7. The summed E-state index contributed by atoms with van der Waals surface area (Å²) in [4.78, 5) is 28.1. The molecule has 2 rings (SSSR count). The average molecular weight is 296 g/mol. The SMILES string of the molecule is CC(C)N(CC1CC1)C(=O)N1CCC(C(=O)O)(C(C)C)C1. The monoisotopic (exact) mass is 296 g/mol. The number of carboxylic acids is 1. The van der Waals surface area contributed by atoms with Crippen LogP contribution >= 0.6 is 0 Å². The van der Waals surface area contributed by atoms with Gasteiger partial charge in [-0.05, 0) is 44.9 Å². The van der Waals surface area contributed by atoms with Crippen molar-refractivity contribution in [1.82, 2.24) is 9.80 Å². The lowest BCUT2D eigenvalue weighted by Gasteiger charge is -2.33. The molecule has 5 heteroatoms. The van der Waals surface area contributed by atoms with Gasteiger partial charge in [0.15, 0.2) is 0 Å². The number of amides is 2. The predicted octanol–water partition coefficient (Wildman–Crippen LogP) is 2.66. The molecule has 0 aromatic carbocycles. The van der Waals surface area contributed by atoms with Gasteiger partial charge in [-0.2, -0.15) is 0 Å². The highest BCUT2D eigenvalue weighted by atomic mass is 16.4. The Bertz CT molecular complexity index is 418. The molecule has 0 spiro atoms. The van der Waals surface area contributed by atoms with Gasteiger partial charge in [-0.25, -0.2) is 4.79 Å². The molecule has 21 heavy (non-hydrogen) atoms. The molecule has 2 amide bonds. The topological polar surface area (TPSA) is 60.9 Å². The Hall–Kier alpha value is -1.26. The van der Waals surface area contributed by atoms with E-state index in [1.54, 1.807) is 4.90 Å². The molecular weight excluding hydrogens is 268 g/mol. The minimum Gasteiger partial charge on any atom is -0.481 e. The van der Waals surface area contributed by atoms with Crippen LogP contribution in [0.1, 0.15) is 47.0 Å². The van der Waals surface area contributed by atoms with Crippen LogP contribution in [0.4, 0.5) is 4.79 Å². The summed E-state index contributed by atoms with van der Waals surface area (Å²) in [6.45, 7) is 9.64. The second-order valence-electron chi connectivity index (χ2n) is 7.26. The van der Waals surface area contributed by atoms with Crippen LogP contribution in [0.25, 0.3) is 0 Å². The summed E-state index contributed by atoms with van der Waals surface area (Å²) < 4.78 is 0. The Morgan fingerprint density at radius 1 is 1.29 bits per heavy atom. The van der Waals surface area contributed by atoms with Gasteiger partial charge in [0.1, 0.15) is 0 Å². The van der Waals surface area contributed by atoms with Gasteiger partial charge >= 0.3 is 12.0 Å². The first-order chi connectivity index (χ1) is 9.78. The number of carboxylic acid groups (broad SMARTS) is 1. The number of urea groups is 1. The summed E-state index contributed by atoms with van der Waals surface area (Å²) in [7, 11) is 0. The van der Waals surface area contributed by atoms with Gasteiger partial charge < -0.3 is 14.9 Å².